The Balaban J connectivity index is 2.10. The molecule has 3 aromatic heterocycles. The largest absolute Gasteiger partial charge is 0.382 e. The number of aryl methyl sites for hydroxylation is 1. The van der Waals surface area contributed by atoms with E-state index in [2.05, 4.69) is 40.6 Å². The Bertz CT molecular complexity index is 868. The number of imidazole rings is 1. The zero-order valence-corrected chi connectivity index (χ0v) is 14.2. The summed E-state index contributed by atoms with van der Waals surface area (Å²) in [5.41, 5.74) is 7.49. The van der Waals surface area contributed by atoms with Crippen molar-refractivity contribution in [1.82, 2.24) is 19.5 Å². The lowest BCUT2D eigenvalue weighted by Gasteiger charge is -2.03. The summed E-state index contributed by atoms with van der Waals surface area (Å²) in [6.07, 6.45) is 3.12. The number of anilines is 1. The van der Waals surface area contributed by atoms with E-state index in [1.807, 2.05) is 22.1 Å². The third-order valence-electron chi connectivity index (χ3n) is 3.53. The fourth-order valence-electron chi connectivity index (χ4n) is 2.34. The molecule has 3 aromatic rings. The second-order valence-corrected chi connectivity index (χ2v) is 6.11. The van der Waals surface area contributed by atoms with Crippen LogP contribution in [0, 0.1) is 11.8 Å². The monoisotopic (exact) mass is 325 g/mol. The van der Waals surface area contributed by atoms with Crippen LogP contribution >= 0.6 is 11.3 Å². The molecule has 0 bridgehead atoms. The van der Waals surface area contributed by atoms with Crippen molar-refractivity contribution in [2.24, 2.45) is 0 Å². The molecule has 5 nitrogen and oxygen atoms in total. The van der Waals surface area contributed by atoms with Crippen molar-refractivity contribution in [2.75, 3.05) is 5.73 Å². The van der Waals surface area contributed by atoms with E-state index in [9.17, 15) is 0 Å². The Morgan fingerprint density at radius 2 is 2.13 bits per heavy atom. The molecule has 0 radical (unpaired) electrons. The van der Waals surface area contributed by atoms with Crippen molar-refractivity contribution in [3.05, 3.63) is 23.3 Å². The number of hydrogen-bond acceptors (Lipinski definition) is 5. The number of fused-ring (bicyclic) bond motifs is 1. The van der Waals surface area contributed by atoms with Crippen molar-refractivity contribution < 1.29 is 0 Å². The van der Waals surface area contributed by atoms with Gasteiger partial charge in [-0.25, -0.2) is 15.0 Å². The van der Waals surface area contributed by atoms with E-state index in [0.717, 1.165) is 36.3 Å². The molecule has 0 unspecified atom stereocenters. The molecule has 118 valence electrons. The van der Waals surface area contributed by atoms with E-state index in [4.69, 9.17) is 5.73 Å². The van der Waals surface area contributed by atoms with Crippen molar-refractivity contribution in [1.29, 1.82) is 0 Å². The smallest absolute Gasteiger partial charge is 0.187 e. The zero-order valence-electron chi connectivity index (χ0n) is 13.3. The van der Waals surface area contributed by atoms with Crippen LogP contribution < -0.4 is 5.73 Å². The standard InChI is InChI=1S/C17H19N5S/c1-3-5-6-7-10-13-19-14-15(18)20-16(12-9-8-11-23-12)21-17(14)22(13)4-2/h8-9,11H,3-6H2,1-2H3,(H2,18,20,21). The fraction of sp³-hybridized carbons (Fsp3) is 0.353. The van der Waals surface area contributed by atoms with Crippen LogP contribution in [0.2, 0.25) is 0 Å². The number of unbranched alkanes of at least 4 members (excludes halogenated alkanes) is 2. The molecule has 0 amide bonds. The molecule has 2 N–H and O–H groups in total. The fourth-order valence-corrected chi connectivity index (χ4v) is 3.00. The molecule has 0 saturated heterocycles. The first-order valence-corrected chi connectivity index (χ1v) is 8.69. The maximum atomic E-state index is 6.11. The van der Waals surface area contributed by atoms with Crippen LogP contribution in [0.3, 0.4) is 0 Å². The van der Waals surface area contributed by atoms with Gasteiger partial charge in [0.2, 0.25) is 0 Å². The predicted molar refractivity (Wildman–Crippen MR) is 95.1 cm³/mol. The molecule has 0 aliphatic rings. The summed E-state index contributed by atoms with van der Waals surface area (Å²) >= 11 is 1.59. The Kier molecular flexibility index (Phi) is 4.58. The first-order valence-electron chi connectivity index (χ1n) is 7.81. The molecule has 23 heavy (non-hydrogen) atoms. The SMILES string of the molecule is CCCCC#Cc1nc2c(N)nc(-c3cccs3)nc2n1CC. The van der Waals surface area contributed by atoms with Crippen LogP contribution in [0.25, 0.3) is 21.9 Å². The van der Waals surface area contributed by atoms with E-state index in [1.54, 1.807) is 11.3 Å². The highest BCUT2D eigenvalue weighted by atomic mass is 32.1. The van der Waals surface area contributed by atoms with E-state index in [-0.39, 0.29) is 0 Å². The third kappa shape index (κ3) is 3.06. The van der Waals surface area contributed by atoms with Gasteiger partial charge in [-0.15, -0.1) is 11.3 Å². The third-order valence-corrected chi connectivity index (χ3v) is 4.40. The minimum absolute atomic E-state index is 0.405. The normalized spacial score (nSPS) is 10.7. The van der Waals surface area contributed by atoms with Gasteiger partial charge in [0.1, 0.15) is 0 Å². The van der Waals surface area contributed by atoms with Gasteiger partial charge in [-0.3, -0.25) is 0 Å². The van der Waals surface area contributed by atoms with Gasteiger partial charge in [0, 0.05) is 13.0 Å². The molecule has 0 aliphatic heterocycles. The van der Waals surface area contributed by atoms with Gasteiger partial charge in [-0.1, -0.05) is 25.3 Å². The molecular formula is C17H19N5S. The summed E-state index contributed by atoms with van der Waals surface area (Å²) in [6, 6.07) is 3.97. The quantitative estimate of drug-likeness (QED) is 0.586. The second-order valence-electron chi connectivity index (χ2n) is 5.17. The molecule has 3 heterocycles. The minimum Gasteiger partial charge on any atom is -0.382 e. The second kappa shape index (κ2) is 6.80. The average molecular weight is 325 g/mol. The van der Waals surface area contributed by atoms with Gasteiger partial charge in [0.25, 0.3) is 0 Å². The highest BCUT2D eigenvalue weighted by Crippen LogP contribution is 2.26. The molecule has 0 fully saturated rings. The van der Waals surface area contributed by atoms with E-state index in [0.29, 0.717) is 23.0 Å². The van der Waals surface area contributed by atoms with Crippen LogP contribution in [0.4, 0.5) is 5.82 Å². The van der Waals surface area contributed by atoms with Crippen molar-refractivity contribution in [3.63, 3.8) is 0 Å². The number of aromatic nitrogens is 4. The topological polar surface area (TPSA) is 69.6 Å². The molecule has 0 spiro atoms. The first-order chi connectivity index (χ1) is 11.2. The molecule has 0 aromatic carbocycles. The maximum absolute atomic E-state index is 6.11. The molecule has 6 heteroatoms. The van der Waals surface area contributed by atoms with Crippen molar-refractivity contribution >= 4 is 28.3 Å². The van der Waals surface area contributed by atoms with Gasteiger partial charge in [0.15, 0.2) is 28.6 Å². The van der Waals surface area contributed by atoms with E-state index >= 15 is 0 Å². The Labute approximate surface area is 139 Å². The summed E-state index contributed by atoms with van der Waals surface area (Å²) in [5, 5.41) is 2.00. The highest BCUT2D eigenvalue weighted by molar-refractivity contribution is 7.13. The average Bonchev–Trinajstić information content (AvgIpc) is 3.19. The number of nitrogens with two attached hydrogens (primary N) is 1. The Morgan fingerprint density at radius 1 is 1.26 bits per heavy atom. The predicted octanol–water partition coefficient (Wildman–Crippen LogP) is 3.70. The Hall–Kier alpha value is -2.39. The van der Waals surface area contributed by atoms with Gasteiger partial charge < -0.3 is 10.3 Å². The molecule has 0 aliphatic carbocycles. The lowest BCUT2D eigenvalue weighted by atomic mass is 10.2. The number of nitrogens with zero attached hydrogens (tertiary/aromatic N) is 4. The first kappa shape index (κ1) is 15.5. The minimum atomic E-state index is 0.405. The number of rotatable bonds is 4. The van der Waals surface area contributed by atoms with E-state index in [1.165, 1.54) is 0 Å². The summed E-state index contributed by atoms with van der Waals surface area (Å²) in [6.45, 7) is 4.96. The summed E-state index contributed by atoms with van der Waals surface area (Å²) in [4.78, 5) is 14.6. The number of hydrogen-bond donors (Lipinski definition) is 1. The molecule has 3 rings (SSSR count). The van der Waals surface area contributed by atoms with Crippen LogP contribution in [0.5, 0.6) is 0 Å². The summed E-state index contributed by atoms with van der Waals surface area (Å²) in [7, 11) is 0. The van der Waals surface area contributed by atoms with Crippen LogP contribution in [-0.4, -0.2) is 19.5 Å². The van der Waals surface area contributed by atoms with Crippen molar-refractivity contribution in [2.45, 2.75) is 39.7 Å². The van der Waals surface area contributed by atoms with Crippen LogP contribution in [0.1, 0.15) is 38.9 Å². The summed E-state index contributed by atoms with van der Waals surface area (Å²) in [5.74, 6) is 8.09. The highest BCUT2D eigenvalue weighted by Gasteiger charge is 2.15. The lowest BCUT2D eigenvalue weighted by Crippen LogP contribution is -2.01. The summed E-state index contributed by atoms with van der Waals surface area (Å²) < 4.78 is 2.00. The molecule has 0 atom stereocenters. The van der Waals surface area contributed by atoms with E-state index < -0.39 is 0 Å². The maximum Gasteiger partial charge on any atom is 0.187 e. The van der Waals surface area contributed by atoms with Crippen LogP contribution in [-0.2, 0) is 6.54 Å². The van der Waals surface area contributed by atoms with Gasteiger partial charge in [-0.2, -0.15) is 0 Å². The van der Waals surface area contributed by atoms with Gasteiger partial charge >= 0.3 is 0 Å². The number of nitrogen functional groups attached to an aromatic ring is 1. The van der Waals surface area contributed by atoms with Crippen LogP contribution in [0.15, 0.2) is 17.5 Å². The lowest BCUT2D eigenvalue weighted by molar-refractivity contribution is 0.765. The van der Waals surface area contributed by atoms with Gasteiger partial charge in [-0.05, 0) is 30.7 Å². The van der Waals surface area contributed by atoms with Gasteiger partial charge in [0.05, 0.1) is 4.88 Å². The number of thiophene rings is 1. The van der Waals surface area contributed by atoms with Crippen molar-refractivity contribution in [3.8, 4) is 22.5 Å². The zero-order chi connectivity index (χ0) is 16.2. The Morgan fingerprint density at radius 3 is 2.83 bits per heavy atom. The molecule has 0 saturated carbocycles. The molecular weight excluding hydrogens is 306 g/mol.